The Bertz CT molecular complexity index is 396. The smallest absolute Gasteiger partial charge is 0.293 e. The molecule has 1 aromatic heterocycles. The van der Waals surface area contributed by atoms with Crippen molar-refractivity contribution in [2.75, 3.05) is 11.9 Å². The summed E-state index contributed by atoms with van der Waals surface area (Å²) in [5.74, 6) is 0.324. The van der Waals surface area contributed by atoms with E-state index >= 15 is 0 Å². The highest BCUT2D eigenvalue weighted by Gasteiger charge is 2.25. The normalized spacial score (nSPS) is 17.5. The molecular formula is C10H15N3O2. The summed E-state index contributed by atoms with van der Waals surface area (Å²) >= 11 is 0. The number of aliphatic hydroxyl groups is 1. The zero-order valence-corrected chi connectivity index (χ0v) is 8.68. The predicted molar refractivity (Wildman–Crippen MR) is 56.9 cm³/mol. The molecule has 1 aromatic rings. The van der Waals surface area contributed by atoms with Gasteiger partial charge >= 0.3 is 0 Å². The van der Waals surface area contributed by atoms with Crippen LogP contribution in [0.15, 0.2) is 17.2 Å². The van der Waals surface area contributed by atoms with E-state index in [1.54, 1.807) is 23.9 Å². The van der Waals surface area contributed by atoms with Crippen LogP contribution in [-0.4, -0.2) is 27.3 Å². The molecule has 1 heterocycles. The van der Waals surface area contributed by atoms with Gasteiger partial charge in [-0.05, 0) is 19.8 Å². The average molecular weight is 209 g/mol. The van der Waals surface area contributed by atoms with Crippen LogP contribution in [0.4, 0.5) is 5.82 Å². The van der Waals surface area contributed by atoms with Crippen molar-refractivity contribution in [3.8, 4) is 0 Å². The quantitative estimate of drug-likeness (QED) is 0.752. The van der Waals surface area contributed by atoms with E-state index in [0.29, 0.717) is 18.4 Å². The summed E-state index contributed by atoms with van der Waals surface area (Å²) < 4.78 is 1.71. The molecule has 82 valence electrons. The number of aliphatic hydroxyl groups excluding tert-OH is 1. The second kappa shape index (κ2) is 4.02. The third-order valence-electron chi connectivity index (χ3n) is 2.37. The van der Waals surface area contributed by atoms with Gasteiger partial charge < -0.3 is 15.0 Å². The Hall–Kier alpha value is -1.36. The molecule has 0 aliphatic heterocycles. The lowest BCUT2D eigenvalue weighted by molar-refractivity contribution is 0.208. The molecule has 0 amide bonds. The molecule has 5 nitrogen and oxygen atoms in total. The number of hydrogen-bond acceptors (Lipinski definition) is 4. The van der Waals surface area contributed by atoms with E-state index in [2.05, 4.69) is 10.3 Å². The zero-order valence-electron chi connectivity index (χ0n) is 8.68. The molecule has 1 fully saturated rings. The van der Waals surface area contributed by atoms with Gasteiger partial charge in [0.2, 0.25) is 0 Å². The topological polar surface area (TPSA) is 67.2 Å². The van der Waals surface area contributed by atoms with E-state index in [1.165, 1.54) is 0 Å². The van der Waals surface area contributed by atoms with Crippen molar-refractivity contribution >= 4 is 5.82 Å². The Labute approximate surface area is 87.8 Å². The molecule has 15 heavy (non-hydrogen) atoms. The minimum absolute atomic E-state index is 0.0966. The van der Waals surface area contributed by atoms with Gasteiger partial charge in [-0.2, -0.15) is 0 Å². The first-order valence-corrected chi connectivity index (χ1v) is 5.17. The molecule has 0 saturated heterocycles. The number of rotatable bonds is 4. The lowest BCUT2D eigenvalue weighted by Gasteiger charge is -2.09. The lowest BCUT2D eigenvalue weighted by atomic mass is 10.4. The van der Waals surface area contributed by atoms with E-state index in [0.717, 1.165) is 12.8 Å². The zero-order chi connectivity index (χ0) is 10.8. The largest absolute Gasteiger partial charge is 0.392 e. The van der Waals surface area contributed by atoms with Crippen LogP contribution in [0.5, 0.6) is 0 Å². The monoisotopic (exact) mass is 209 g/mol. The van der Waals surface area contributed by atoms with Crippen LogP contribution in [0, 0.1) is 0 Å². The number of nitrogens with one attached hydrogen (secondary N) is 1. The van der Waals surface area contributed by atoms with Crippen LogP contribution >= 0.6 is 0 Å². The summed E-state index contributed by atoms with van der Waals surface area (Å²) in [4.78, 5) is 15.8. The van der Waals surface area contributed by atoms with Gasteiger partial charge in [-0.25, -0.2) is 4.98 Å². The maximum Gasteiger partial charge on any atom is 0.293 e. The number of nitrogens with zero attached hydrogens (tertiary/aromatic N) is 2. The van der Waals surface area contributed by atoms with Crippen LogP contribution < -0.4 is 10.9 Å². The van der Waals surface area contributed by atoms with E-state index in [4.69, 9.17) is 5.11 Å². The Morgan fingerprint density at radius 2 is 2.47 bits per heavy atom. The van der Waals surface area contributed by atoms with E-state index in [1.807, 2.05) is 0 Å². The molecule has 1 unspecified atom stereocenters. The minimum Gasteiger partial charge on any atom is -0.392 e. The van der Waals surface area contributed by atoms with Gasteiger partial charge in [0.15, 0.2) is 5.82 Å². The minimum atomic E-state index is -0.485. The molecule has 2 rings (SSSR count). The maximum absolute atomic E-state index is 11.8. The van der Waals surface area contributed by atoms with Gasteiger partial charge in [0.05, 0.1) is 6.10 Å². The summed E-state index contributed by atoms with van der Waals surface area (Å²) in [6, 6.07) is 0.354. The average Bonchev–Trinajstić information content (AvgIpc) is 2.99. The van der Waals surface area contributed by atoms with Gasteiger partial charge in [0.25, 0.3) is 5.56 Å². The molecule has 0 aromatic carbocycles. The highest BCUT2D eigenvalue weighted by atomic mass is 16.3. The summed E-state index contributed by atoms with van der Waals surface area (Å²) in [7, 11) is 0. The molecule has 0 radical (unpaired) electrons. The van der Waals surface area contributed by atoms with Gasteiger partial charge in [0.1, 0.15) is 0 Å². The second-order valence-electron chi connectivity index (χ2n) is 3.95. The molecule has 5 heteroatoms. The predicted octanol–water partition coefficient (Wildman–Crippen LogP) is 0.371. The van der Waals surface area contributed by atoms with Crippen LogP contribution in [0.2, 0.25) is 0 Å². The van der Waals surface area contributed by atoms with Gasteiger partial charge in [-0.3, -0.25) is 4.79 Å². The van der Waals surface area contributed by atoms with Gasteiger partial charge in [0, 0.05) is 25.0 Å². The molecular weight excluding hydrogens is 194 g/mol. The summed E-state index contributed by atoms with van der Waals surface area (Å²) in [6.07, 6.45) is 4.98. The lowest BCUT2D eigenvalue weighted by Crippen LogP contribution is -2.26. The van der Waals surface area contributed by atoms with Crippen molar-refractivity contribution in [2.24, 2.45) is 0 Å². The SMILES string of the molecule is CC(O)CNc1nccn(C2CC2)c1=O. The standard InChI is InChI=1S/C10H15N3O2/c1-7(14)6-12-9-10(15)13(5-4-11-9)8-2-3-8/h4-5,7-8,14H,2-3,6H2,1H3,(H,11,12). The van der Waals surface area contributed by atoms with E-state index in [-0.39, 0.29) is 5.56 Å². The number of hydrogen-bond donors (Lipinski definition) is 2. The van der Waals surface area contributed by atoms with Crippen molar-refractivity contribution in [2.45, 2.75) is 31.9 Å². The fourth-order valence-corrected chi connectivity index (χ4v) is 1.43. The third-order valence-corrected chi connectivity index (χ3v) is 2.37. The van der Waals surface area contributed by atoms with Crippen molar-refractivity contribution in [3.63, 3.8) is 0 Å². The molecule has 1 saturated carbocycles. The molecule has 1 atom stereocenters. The highest BCUT2D eigenvalue weighted by Crippen LogP contribution is 2.33. The molecule has 2 N–H and O–H groups in total. The maximum atomic E-state index is 11.8. The van der Waals surface area contributed by atoms with E-state index < -0.39 is 6.10 Å². The third kappa shape index (κ3) is 2.36. The molecule has 1 aliphatic carbocycles. The summed E-state index contributed by atoms with van der Waals surface area (Å²) in [5.41, 5.74) is -0.0966. The Kier molecular flexibility index (Phi) is 2.73. The number of aromatic nitrogens is 2. The Balaban J connectivity index is 2.16. The fraction of sp³-hybridized carbons (Fsp3) is 0.600. The van der Waals surface area contributed by atoms with Crippen LogP contribution in [0.1, 0.15) is 25.8 Å². The van der Waals surface area contributed by atoms with Gasteiger partial charge in [-0.1, -0.05) is 0 Å². The highest BCUT2D eigenvalue weighted by molar-refractivity contribution is 5.31. The van der Waals surface area contributed by atoms with Crippen molar-refractivity contribution in [1.29, 1.82) is 0 Å². The first kappa shape index (κ1) is 10.2. The van der Waals surface area contributed by atoms with Crippen molar-refractivity contribution in [3.05, 3.63) is 22.7 Å². The van der Waals surface area contributed by atoms with Gasteiger partial charge in [-0.15, -0.1) is 0 Å². The molecule has 0 spiro atoms. The van der Waals surface area contributed by atoms with Crippen LogP contribution in [-0.2, 0) is 0 Å². The summed E-state index contributed by atoms with van der Waals surface area (Å²) in [5, 5.41) is 11.9. The first-order valence-electron chi connectivity index (χ1n) is 5.17. The van der Waals surface area contributed by atoms with Crippen molar-refractivity contribution in [1.82, 2.24) is 9.55 Å². The fourth-order valence-electron chi connectivity index (χ4n) is 1.43. The molecule has 0 bridgehead atoms. The first-order chi connectivity index (χ1) is 7.18. The van der Waals surface area contributed by atoms with Crippen LogP contribution in [0.25, 0.3) is 0 Å². The molecule has 1 aliphatic rings. The summed E-state index contributed by atoms with van der Waals surface area (Å²) in [6.45, 7) is 2.01. The second-order valence-corrected chi connectivity index (χ2v) is 3.95. The number of anilines is 1. The van der Waals surface area contributed by atoms with Crippen LogP contribution in [0.3, 0.4) is 0 Å². The van der Waals surface area contributed by atoms with E-state index in [9.17, 15) is 4.79 Å². The Morgan fingerprint density at radius 3 is 3.07 bits per heavy atom. The Morgan fingerprint density at radius 1 is 1.73 bits per heavy atom. The van der Waals surface area contributed by atoms with Crippen molar-refractivity contribution < 1.29 is 5.11 Å².